The first-order valence-electron chi connectivity index (χ1n) is 3.85. The minimum Gasteiger partial charge on any atom is -0.402 e. The summed E-state index contributed by atoms with van der Waals surface area (Å²) in [5.41, 5.74) is 5.78. The molecule has 1 atom stereocenters. The molecule has 0 aromatic heterocycles. The second-order valence-electron chi connectivity index (χ2n) is 2.68. The molecule has 0 amide bonds. The number of hydrogen-bond acceptors (Lipinski definition) is 3. The molecule has 0 saturated carbocycles. The van der Waals surface area contributed by atoms with Gasteiger partial charge in [-0.3, -0.25) is 0 Å². The van der Waals surface area contributed by atoms with Crippen LogP contribution in [0.25, 0.3) is 0 Å². The van der Waals surface area contributed by atoms with E-state index in [1.54, 1.807) is 0 Å². The average molecular weight is 240 g/mol. The van der Waals surface area contributed by atoms with Gasteiger partial charge in [0.25, 0.3) is 0 Å². The van der Waals surface area contributed by atoms with Gasteiger partial charge >= 0.3 is 0 Å². The monoisotopic (exact) mass is 239 g/mol. The van der Waals surface area contributed by atoms with Crippen molar-refractivity contribution in [3.8, 4) is 6.07 Å². The Morgan fingerprint density at radius 1 is 1.85 bits per heavy atom. The topological polar surface area (TPSA) is 53.0 Å². The summed E-state index contributed by atoms with van der Waals surface area (Å²) in [6, 6.07) is 2.20. The van der Waals surface area contributed by atoms with Crippen LogP contribution in [-0.2, 0) is 0 Å². The summed E-state index contributed by atoms with van der Waals surface area (Å²) in [5.74, 6) is 0. The minimum absolute atomic E-state index is 0.163. The maximum Gasteiger partial charge on any atom is 0.136 e. The van der Waals surface area contributed by atoms with Crippen molar-refractivity contribution in [3.05, 3.63) is 34.7 Å². The van der Waals surface area contributed by atoms with Crippen molar-refractivity contribution in [1.29, 1.82) is 5.26 Å². The molecule has 4 heteroatoms. The first-order chi connectivity index (χ1) is 6.19. The van der Waals surface area contributed by atoms with Crippen molar-refractivity contribution < 1.29 is 0 Å². The van der Waals surface area contributed by atoms with Gasteiger partial charge in [0.05, 0.1) is 0 Å². The maximum absolute atomic E-state index is 8.77. The molecule has 0 aliphatic carbocycles. The van der Waals surface area contributed by atoms with Crippen molar-refractivity contribution in [3.63, 3.8) is 0 Å². The standard InChI is InChI=1S/C9H10BrN3/c1-7-2-3-8(10)6-13(7)9(4-11)5-12/h2-4,6-7H,11H2,1H3/b9-4-. The van der Waals surface area contributed by atoms with Crippen LogP contribution in [0.3, 0.4) is 0 Å². The second kappa shape index (κ2) is 4.15. The number of halogens is 1. The normalized spacial score (nSPS) is 22.5. The van der Waals surface area contributed by atoms with E-state index in [2.05, 4.69) is 15.9 Å². The zero-order valence-electron chi connectivity index (χ0n) is 7.24. The van der Waals surface area contributed by atoms with E-state index in [1.165, 1.54) is 6.20 Å². The smallest absolute Gasteiger partial charge is 0.136 e. The lowest BCUT2D eigenvalue weighted by atomic mass is 10.2. The second-order valence-corrected chi connectivity index (χ2v) is 3.60. The number of nitrogens with two attached hydrogens (primary N) is 1. The first kappa shape index (κ1) is 9.87. The van der Waals surface area contributed by atoms with Crippen LogP contribution in [0, 0.1) is 11.3 Å². The summed E-state index contributed by atoms with van der Waals surface area (Å²) in [5, 5.41) is 8.77. The fraction of sp³-hybridized carbons (Fsp3) is 0.222. The third-order valence-electron chi connectivity index (χ3n) is 1.79. The van der Waals surface area contributed by atoms with Gasteiger partial charge < -0.3 is 10.6 Å². The molecule has 68 valence electrons. The molecule has 0 radical (unpaired) electrons. The lowest BCUT2D eigenvalue weighted by Crippen LogP contribution is -2.27. The number of allylic oxidation sites excluding steroid dienone is 3. The molecule has 1 aliphatic rings. The van der Waals surface area contributed by atoms with Crippen LogP contribution in [0.4, 0.5) is 0 Å². The van der Waals surface area contributed by atoms with E-state index < -0.39 is 0 Å². The third-order valence-corrected chi connectivity index (χ3v) is 2.25. The van der Waals surface area contributed by atoms with E-state index in [1.807, 2.05) is 36.2 Å². The van der Waals surface area contributed by atoms with E-state index in [9.17, 15) is 0 Å². The van der Waals surface area contributed by atoms with Crippen LogP contribution in [0.2, 0.25) is 0 Å². The first-order valence-corrected chi connectivity index (χ1v) is 4.64. The van der Waals surface area contributed by atoms with Gasteiger partial charge in [0.15, 0.2) is 0 Å². The summed E-state index contributed by atoms with van der Waals surface area (Å²) in [6.07, 6.45) is 7.09. The Morgan fingerprint density at radius 2 is 2.54 bits per heavy atom. The SMILES string of the molecule is CC1C=CC(Br)=CN1/C(C#N)=C\N. The molecule has 1 aliphatic heterocycles. The minimum atomic E-state index is 0.163. The lowest BCUT2D eigenvalue weighted by Gasteiger charge is -2.27. The van der Waals surface area contributed by atoms with Gasteiger partial charge in [-0.25, -0.2) is 0 Å². The Kier molecular flexibility index (Phi) is 3.15. The molecular formula is C9H10BrN3. The van der Waals surface area contributed by atoms with Crippen LogP contribution < -0.4 is 5.73 Å². The highest BCUT2D eigenvalue weighted by molar-refractivity contribution is 9.11. The highest BCUT2D eigenvalue weighted by atomic mass is 79.9. The molecule has 0 bridgehead atoms. The highest BCUT2D eigenvalue weighted by Crippen LogP contribution is 2.21. The Bertz CT molecular complexity index is 322. The summed E-state index contributed by atoms with van der Waals surface area (Å²) >= 11 is 3.34. The highest BCUT2D eigenvalue weighted by Gasteiger charge is 2.15. The van der Waals surface area contributed by atoms with E-state index in [0.717, 1.165) is 4.48 Å². The summed E-state index contributed by atoms with van der Waals surface area (Å²) in [6.45, 7) is 1.99. The Hall–Kier alpha value is -1.21. The molecule has 2 N–H and O–H groups in total. The fourth-order valence-corrected chi connectivity index (χ4v) is 1.46. The van der Waals surface area contributed by atoms with E-state index in [4.69, 9.17) is 11.0 Å². The Morgan fingerprint density at radius 3 is 3.08 bits per heavy atom. The molecule has 0 saturated heterocycles. The molecule has 0 spiro atoms. The predicted octanol–water partition coefficient (Wildman–Crippen LogP) is 1.81. The van der Waals surface area contributed by atoms with Gasteiger partial charge in [-0.1, -0.05) is 6.08 Å². The van der Waals surface area contributed by atoms with E-state index >= 15 is 0 Å². The molecule has 0 aromatic carbocycles. The molecule has 1 rings (SSSR count). The molecule has 0 aromatic rings. The zero-order valence-corrected chi connectivity index (χ0v) is 8.82. The average Bonchev–Trinajstić information content (AvgIpc) is 2.13. The Balaban J connectivity index is 2.94. The van der Waals surface area contributed by atoms with Crippen molar-refractivity contribution in [2.45, 2.75) is 13.0 Å². The molecule has 13 heavy (non-hydrogen) atoms. The zero-order chi connectivity index (χ0) is 9.84. The van der Waals surface area contributed by atoms with Crippen molar-refractivity contribution in [2.24, 2.45) is 5.73 Å². The Labute approximate surface area is 85.9 Å². The van der Waals surface area contributed by atoms with Gasteiger partial charge in [0.1, 0.15) is 11.8 Å². The molecule has 3 nitrogen and oxygen atoms in total. The van der Waals surface area contributed by atoms with E-state index in [0.29, 0.717) is 5.70 Å². The van der Waals surface area contributed by atoms with E-state index in [-0.39, 0.29) is 6.04 Å². The van der Waals surface area contributed by atoms with Crippen molar-refractivity contribution in [2.75, 3.05) is 0 Å². The van der Waals surface area contributed by atoms with Gasteiger partial charge in [0.2, 0.25) is 0 Å². The summed E-state index contributed by atoms with van der Waals surface area (Å²) < 4.78 is 0.931. The largest absolute Gasteiger partial charge is 0.402 e. The summed E-state index contributed by atoms with van der Waals surface area (Å²) in [4.78, 5) is 1.81. The number of nitrogens with zero attached hydrogens (tertiary/aromatic N) is 2. The van der Waals surface area contributed by atoms with Crippen LogP contribution in [0.15, 0.2) is 34.7 Å². The van der Waals surface area contributed by atoms with Gasteiger partial charge in [0, 0.05) is 22.9 Å². The van der Waals surface area contributed by atoms with Crippen molar-refractivity contribution in [1.82, 2.24) is 4.90 Å². The molecule has 1 unspecified atom stereocenters. The number of nitriles is 1. The van der Waals surface area contributed by atoms with Crippen LogP contribution in [0.5, 0.6) is 0 Å². The third kappa shape index (κ3) is 2.13. The quantitative estimate of drug-likeness (QED) is 0.711. The predicted molar refractivity (Wildman–Crippen MR) is 55.3 cm³/mol. The van der Waals surface area contributed by atoms with Crippen LogP contribution >= 0.6 is 15.9 Å². The fourth-order valence-electron chi connectivity index (χ4n) is 1.09. The number of hydrogen-bond donors (Lipinski definition) is 1. The van der Waals surface area contributed by atoms with Gasteiger partial charge in [-0.15, -0.1) is 0 Å². The van der Waals surface area contributed by atoms with Crippen molar-refractivity contribution >= 4 is 15.9 Å². The van der Waals surface area contributed by atoms with Crippen LogP contribution in [-0.4, -0.2) is 10.9 Å². The molecular weight excluding hydrogens is 230 g/mol. The number of rotatable bonds is 1. The van der Waals surface area contributed by atoms with Gasteiger partial charge in [-0.05, 0) is 28.9 Å². The lowest BCUT2D eigenvalue weighted by molar-refractivity contribution is 0.424. The molecule has 0 fully saturated rings. The van der Waals surface area contributed by atoms with Gasteiger partial charge in [-0.2, -0.15) is 5.26 Å². The molecule has 1 heterocycles. The van der Waals surface area contributed by atoms with Crippen LogP contribution in [0.1, 0.15) is 6.92 Å². The summed E-state index contributed by atoms with van der Waals surface area (Å²) in [7, 11) is 0. The maximum atomic E-state index is 8.77.